The van der Waals surface area contributed by atoms with Gasteiger partial charge in [0, 0.05) is 26.2 Å². The average molecular weight is 418 g/mol. The van der Waals surface area contributed by atoms with Crippen molar-refractivity contribution in [2.24, 2.45) is 5.73 Å². The molecule has 1 amide bonds. The van der Waals surface area contributed by atoms with Gasteiger partial charge in [0.25, 0.3) is 5.91 Å². The Morgan fingerprint density at radius 3 is 2.89 bits per heavy atom. The Morgan fingerprint density at radius 1 is 1.32 bits per heavy atom. The van der Waals surface area contributed by atoms with E-state index in [0.29, 0.717) is 39.6 Å². The van der Waals surface area contributed by atoms with Gasteiger partial charge in [-0.05, 0) is 18.6 Å². The molecule has 0 aliphatic heterocycles. The smallest absolute Gasteiger partial charge is 0.267 e. The lowest BCUT2D eigenvalue weighted by Crippen LogP contribution is -2.25. The van der Waals surface area contributed by atoms with E-state index < -0.39 is 0 Å². The molecule has 28 heavy (non-hydrogen) atoms. The van der Waals surface area contributed by atoms with Crippen molar-refractivity contribution >= 4 is 51.3 Å². The van der Waals surface area contributed by atoms with Crippen LogP contribution in [0, 0.1) is 6.92 Å². The minimum absolute atomic E-state index is 0.271. The SMILES string of the molecule is Cc1cccc(Cl)c1NC(=O)c1cnc(Nc2cc(N(C)CCN)ncn2)s1. The molecule has 1 aromatic carbocycles. The van der Waals surface area contributed by atoms with Gasteiger partial charge in [-0.25, -0.2) is 15.0 Å². The van der Waals surface area contributed by atoms with E-state index in [-0.39, 0.29) is 5.91 Å². The van der Waals surface area contributed by atoms with Gasteiger partial charge in [-0.3, -0.25) is 4.79 Å². The van der Waals surface area contributed by atoms with Crippen LogP contribution in [0.2, 0.25) is 5.02 Å². The summed E-state index contributed by atoms with van der Waals surface area (Å²) < 4.78 is 0. The van der Waals surface area contributed by atoms with Crippen LogP contribution in [-0.2, 0) is 0 Å². The molecule has 2 heterocycles. The molecule has 0 atom stereocenters. The van der Waals surface area contributed by atoms with Gasteiger partial charge in [-0.1, -0.05) is 35.1 Å². The monoisotopic (exact) mass is 417 g/mol. The summed E-state index contributed by atoms with van der Waals surface area (Å²) in [5.41, 5.74) is 7.06. The molecule has 0 saturated heterocycles. The van der Waals surface area contributed by atoms with Gasteiger partial charge in [0.1, 0.15) is 22.8 Å². The molecule has 3 aromatic rings. The van der Waals surface area contributed by atoms with E-state index in [2.05, 4.69) is 25.6 Å². The van der Waals surface area contributed by atoms with Gasteiger partial charge in [0.2, 0.25) is 0 Å². The fourth-order valence-corrected chi connectivity index (χ4v) is 3.43. The molecule has 0 fully saturated rings. The highest BCUT2D eigenvalue weighted by Gasteiger charge is 2.14. The first-order valence-corrected chi connectivity index (χ1v) is 9.70. The maximum absolute atomic E-state index is 12.5. The van der Waals surface area contributed by atoms with Crippen molar-refractivity contribution in [2.75, 3.05) is 35.7 Å². The van der Waals surface area contributed by atoms with Crippen molar-refractivity contribution in [1.29, 1.82) is 0 Å². The Balaban J connectivity index is 1.70. The fourth-order valence-electron chi connectivity index (χ4n) is 2.44. The van der Waals surface area contributed by atoms with Crippen molar-refractivity contribution in [2.45, 2.75) is 6.92 Å². The molecule has 0 bridgehead atoms. The lowest BCUT2D eigenvalue weighted by atomic mass is 10.2. The first kappa shape index (κ1) is 20.0. The Kier molecular flexibility index (Phi) is 6.40. The topological polar surface area (TPSA) is 109 Å². The molecule has 2 aromatic heterocycles. The zero-order valence-corrected chi connectivity index (χ0v) is 17.0. The largest absolute Gasteiger partial charge is 0.358 e. The van der Waals surface area contributed by atoms with Crippen molar-refractivity contribution in [3.05, 3.63) is 52.3 Å². The first-order valence-electron chi connectivity index (χ1n) is 8.50. The van der Waals surface area contributed by atoms with Crippen LogP contribution in [0.5, 0.6) is 0 Å². The van der Waals surface area contributed by atoms with E-state index >= 15 is 0 Å². The second kappa shape index (κ2) is 8.96. The second-order valence-electron chi connectivity index (χ2n) is 6.01. The quantitative estimate of drug-likeness (QED) is 0.541. The van der Waals surface area contributed by atoms with Crippen LogP contribution >= 0.6 is 22.9 Å². The zero-order valence-electron chi connectivity index (χ0n) is 15.4. The number of amides is 1. The summed E-state index contributed by atoms with van der Waals surface area (Å²) in [6, 6.07) is 7.25. The zero-order chi connectivity index (χ0) is 20.1. The third-order valence-electron chi connectivity index (χ3n) is 3.93. The number of para-hydroxylation sites is 1. The minimum Gasteiger partial charge on any atom is -0.358 e. The Hall–Kier alpha value is -2.75. The third kappa shape index (κ3) is 4.75. The van der Waals surface area contributed by atoms with Gasteiger partial charge in [-0.15, -0.1) is 0 Å². The molecule has 10 heteroatoms. The van der Waals surface area contributed by atoms with Gasteiger partial charge < -0.3 is 21.3 Å². The van der Waals surface area contributed by atoms with Crippen molar-refractivity contribution < 1.29 is 4.79 Å². The number of carbonyl (C=O) groups excluding carboxylic acids is 1. The number of rotatable bonds is 7. The van der Waals surface area contributed by atoms with Crippen LogP contribution in [0.3, 0.4) is 0 Å². The van der Waals surface area contributed by atoms with Gasteiger partial charge in [-0.2, -0.15) is 0 Å². The highest BCUT2D eigenvalue weighted by atomic mass is 35.5. The second-order valence-corrected chi connectivity index (χ2v) is 7.45. The van der Waals surface area contributed by atoms with Crippen molar-refractivity contribution in [3.63, 3.8) is 0 Å². The van der Waals surface area contributed by atoms with E-state index in [4.69, 9.17) is 17.3 Å². The normalized spacial score (nSPS) is 10.6. The highest BCUT2D eigenvalue weighted by Crippen LogP contribution is 2.28. The predicted molar refractivity (Wildman–Crippen MR) is 114 cm³/mol. The number of likely N-dealkylation sites (N-methyl/N-ethyl adjacent to an activating group) is 1. The molecule has 8 nitrogen and oxygen atoms in total. The number of halogens is 1. The molecular formula is C18H20ClN7OS. The lowest BCUT2D eigenvalue weighted by molar-refractivity contribution is 0.103. The van der Waals surface area contributed by atoms with Crippen LogP contribution in [0.1, 0.15) is 15.2 Å². The number of nitrogens with zero attached hydrogens (tertiary/aromatic N) is 4. The summed E-state index contributed by atoms with van der Waals surface area (Å²) >= 11 is 7.39. The van der Waals surface area contributed by atoms with Crippen LogP contribution in [0.15, 0.2) is 36.8 Å². The summed E-state index contributed by atoms with van der Waals surface area (Å²) in [4.78, 5) is 27.6. The number of hydrogen-bond acceptors (Lipinski definition) is 8. The molecule has 0 spiro atoms. The van der Waals surface area contributed by atoms with Crippen LogP contribution in [0.4, 0.5) is 22.5 Å². The molecule has 3 rings (SSSR count). The highest BCUT2D eigenvalue weighted by molar-refractivity contribution is 7.17. The standard InChI is InChI=1S/C18H20ClN7OS/c1-11-4-3-5-12(19)16(11)25-17(27)13-9-21-18(28-13)24-14-8-15(23-10-22-14)26(2)7-6-20/h3-5,8-10H,6-7,20H2,1-2H3,(H,25,27)(H,21,22,23,24). The number of carbonyl (C=O) groups is 1. The number of aromatic nitrogens is 3. The first-order chi connectivity index (χ1) is 13.5. The van der Waals surface area contributed by atoms with Gasteiger partial charge in [0.15, 0.2) is 5.13 Å². The van der Waals surface area contributed by atoms with Crippen LogP contribution < -0.4 is 21.3 Å². The maximum atomic E-state index is 12.5. The Bertz CT molecular complexity index is 958. The van der Waals surface area contributed by atoms with E-state index in [0.717, 1.165) is 11.4 Å². The average Bonchev–Trinajstić information content (AvgIpc) is 3.14. The number of thiazole rings is 1. The summed E-state index contributed by atoms with van der Waals surface area (Å²) in [6.07, 6.45) is 2.98. The number of benzene rings is 1. The molecular weight excluding hydrogens is 398 g/mol. The number of aryl methyl sites for hydroxylation is 1. The summed E-state index contributed by atoms with van der Waals surface area (Å²) in [5, 5.41) is 6.97. The van der Waals surface area contributed by atoms with E-state index in [1.54, 1.807) is 12.1 Å². The fraction of sp³-hybridized carbons (Fsp3) is 0.222. The molecule has 0 saturated carbocycles. The Labute approximate surface area is 171 Å². The summed E-state index contributed by atoms with van der Waals surface area (Å²) in [6.45, 7) is 3.09. The predicted octanol–water partition coefficient (Wildman–Crippen LogP) is 3.29. The maximum Gasteiger partial charge on any atom is 0.267 e. The molecule has 0 radical (unpaired) electrons. The van der Waals surface area contributed by atoms with E-state index in [1.165, 1.54) is 23.9 Å². The number of nitrogens with one attached hydrogen (secondary N) is 2. The molecule has 146 valence electrons. The van der Waals surface area contributed by atoms with E-state index in [9.17, 15) is 4.79 Å². The van der Waals surface area contributed by atoms with E-state index in [1.807, 2.05) is 31.0 Å². The van der Waals surface area contributed by atoms with Crippen molar-refractivity contribution in [1.82, 2.24) is 15.0 Å². The van der Waals surface area contributed by atoms with Crippen LogP contribution in [-0.4, -0.2) is 41.0 Å². The number of anilines is 4. The summed E-state index contributed by atoms with van der Waals surface area (Å²) in [5.74, 6) is 1.05. The van der Waals surface area contributed by atoms with Crippen LogP contribution in [0.25, 0.3) is 0 Å². The number of hydrogen-bond donors (Lipinski definition) is 3. The third-order valence-corrected chi connectivity index (χ3v) is 5.16. The number of nitrogens with two attached hydrogens (primary N) is 1. The molecule has 0 unspecified atom stereocenters. The summed E-state index contributed by atoms with van der Waals surface area (Å²) in [7, 11) is 1.90. The molecule has 0 aliphatic rings. The van der Waals surface area contributed by atoms with Gasteiger partial charge in [0.05, 0.1) is 16.9 Å². The lowest BCUT2D eigenvalue weighted by Gasteiger charge is -2.17. The molecule has 0 aliphatic carbocycles. The van der Waals surface area contributed by atoms with Crippen molar-refractivity contribution in [3.8, 4) is 0 Å². The minimum atomic E-state index is -0.271. The molecule has 4 N–H and O–H groups in total. The van der Waals surface area contributed by atoms with Gasteiger partial charge >= 0.3 is 0 Å². The Morgan fingerprint density at radius 2 is 2.14 bits per heavy atom.